The summed E-state index contributed by atoms with van der Waals surface area (Å²) in [7, 11) is 0. The first-order valence-corrected chi connectivity index (χ1v) is 4.31. The standard InChI is InChI=1S/C9H8N4O2/c10-6-2-1-3-7-8(9(6)13(14)15)12-5-4-11-7/h1,3-5H,2,10H2. The van der Waals surface area contributed by atoms with Crippen LogP contribution in [-0.2, 0) is 0 Å². The average molecular weight is 204 g/mol. The summed E-state index contributed by atoms with van der Waals surface area (Å²) < 4.78 is 0. The zero-order valence-electron chi connectivity index (χ0n) is 7.75. The molecule has 0 spiro atoms. The highest BCUT2D eigenvalue weighted by Gasteiger charge is 2.25. The molecule has 0 aliphatic heterocycles. The highest BCUT2D eigenvalue weighted by molar-refractivity contribution is 5.69. The number of nitro groups is 1. The molecule has 0 radical (unpaired) electrons. The topological polar surface area (TPSA) is 94.9 Å². The monoisotopic (exact) mass is 204 g/mol. The van der Waals surface area contributed by atoms with Crippen LogP contribution in [0.5, 0.6) is 0 Å². The normalized spacial score (nSPS) is 14.7. The number of aromatic nitrogens is 2. The summed E-state index contributed by atoms with van der Waals surface area (Å²) in [5.74, 6) is 0. The predicted molar refractivity (Wildman–Crippen MR) is 53.8 cm³/mol. The fourth-order valence-corrected chi connectivity index (χ4v) is 1.40. The van der Waals surface area contributed by atoms with Crippen molar-refractivity contribution in [3.05, 3.63) is 45.7 Å². The van der Waals surface area contributed by atoms with Crippen molar-refractivity contribution < 1.29 is 4.92 Å². The van der Waals surface area contributed by atoms with Gasteiger partial charge in [-0.05, 0) is 6.08 Å². The molecule has 0 bridgehead atoms. The van der Waals surface area contributed by atoms with Crippen molar-refractivity contribution in [2.45, 2.75) is 6.42 Å². The van der Waals surface area contributed by atoms with Gasteiger partial charge in [-0.25, -0.2) is 4.98 Å². The minimum atomic E-state index is -0.518. The van der Waals surface area contributed by atoms with E-state index in [4.69, 9.17) is 5.73 Å². The third kappa shape index (κ3) is 1.56. The second kappa shape index (κ2) is 3.49. The van der Waals surface area contributed by atoms with Crippen molar-refractivity contribution in [3.63, 3.8) is 0 Å². The van der Waals surface area contributed by atoms with Crippen LogP contribution in [0.1, 0.15) is 17.8 Å². The van der Waals surface area contributed by atoms with Gasteiger partial charge in [-0.2, -0.15) is 0 Å². The lowest BCUT2D eigenvalue weighted by Crippen LogP contribution is -2.10. The van der Waals surface area contributed by atoms with E-state index in [9.17, 15) is 10.1 Å². The van der Waals surface area contributed by atoms with Gasteiger partial charge in [0.2, 0.25) is 0 Å². The first-order valence-electron chi connectivity index (χ1n) is 4.31. The summed E-state index contributed by atoms with van der Waals surface area (Å²) in [6.07, 6.45) is 6.66. The molecule has 0 fully saturated rings. The van der Waals surface area contributed by atoms with Gasteiger partial charge in [-0.1, -0.05) is 6.08 Å². The highest BCUT2D eigenvalue weighted by Crippen LogP contribution is 2.23. The smallest absolute Gasteiger partial charge is 0.315 e. The molecule has 0 amide bonds. The van der Waals surface area contributed by atoms with Crippen molar-refractivity contribution in [1.29, 1.82) is 0 Å². The van der Waals surface area contributed by atoms with Crippen molar-refractivity contribution >= 4 is 11.8 Å². The van der Waals surface area contributed by atoms with Crippen LogP contribution in [0, 0.1) is 10.1 Å². The maximum Gasteiger partial charge on any atom is 0.315 e. The van der Waals surface area contributed by atoms with Crippen LogP contribution in [0.15, 0.2) is 24.2 Å². The molecule has 1 heterocycles. The number of hydrogen-bond donors (Lipinski definition) is 1. The maximum atomic E-state index is 10.9. The van der Waals surface area contributed by atoms with Crippen molar-refractivity contribution in [2.24, 2.45) is 5.73 Å². The molecule has 0 atom stereocenters. The Morgan fingerprint density at radius 3 is 2.87 bits per heavy atom. The molecular formula is C9H8N4O2. The molecule has 15 heavy (non-hydrogen) atoms. The second-order valence-electron chi connectivity index (χ2n) is 3.03. The van der Waals surface area contributed by atoms with E-state index in [1.54, 1.807) is 12.2 Å². The average Bonchev–Trinajstić information content (AvgIpc) is 2.35. The first kappa shape index (κ1) is 9.32. The van der Waals surface area contributed by atoms with Crippen LogP contribution in [0.2, 0.25) is 0 Å². The molecule has 0 aromatic carbocycles. The molecule has 1 aliphatic carbocycles. The lowest BCUT2D eigenvalue weighted by Gasteiger charge is -2.01. The SMILES string of the molecule is NC1=C([N+](=O)[O-])c2nccnc2C=CC1. The van der Waals surface area contributed by atoms with E-state index in [0.29, 0.717) is 12.1 Å². The number of hydrogen-bond acceptors (Lipinski definition) is 5. The van der Waals surface area contributed by atoms with E-state index < -0.39 is 4.92 Å². The Hall–Kier alpha value is -2.24. The third-order valence-corrected chi connectivity index (χ3v) is 2.05. The summed E-state index contributed by atoms with van der Waals surface area (Å²) in [4.78, 5) is 18.3. The van der Waals surface area contributed by atoms with Crippen molar-refractivity contribution in [2.75, 3.05) is 0 Å². The van der Waals surface area contributed by atoms with E-state index in [1.807, 2.05) is 0 Å². The molecular weight excluding hydrogens is 196 g/mol. The van der Waals surface area contributed by atoms with Gasteiger partial charge in [-0.3, -0.25) is 15.1 Å². The highest BCUT2D eigenvalue weighted by atomic mass is 16.6. The van der Waals surface area contributed by atoms with E-state index in [1.165, 1.54) is 12.4 Å². The molecule has 0 unspecified atom stereocenters. The fraction of sp³-hybridized carbons (Fsp3) is 0.111. The molecule has 1 aliphatic rings. The van der Waals surface area contributed by atoms with Gasteiger partial charge in [0.25, 0.3) is 0 Å². The van der Waals surface area contributed by atoms with Gasteiger partial charge in [-0.15, -0.1) is 0 Å². The Balaban J connectivity index is 2.69. The summed E-state index contributed by atoms with van der Waals surface area (Å²) >= 11 is 0. The van der Waals surface area contributed by atoms with Gasteiger partial charge in [0, 0.05) is 18.8 Å². The minimum absolute atomic E-state index is 0.150. The largest absolute Gasteiger partial charge is 0.396 e. The predicted octanol–water partition coefficient (Wildman–Crippen LogP) is 0.797. The van der Waals surface area contributed by atoms with Crippen molar-refractivity contribution in [1.82, 2.24) is 9.97 Å². The Kier molecular flexibility index (Phi) is 2.17. The maximum absolute atomic E-state index is 10.9. The number of fused-ring (bicyclic) bond motifs is 1. The zero-order chi connectivity index (χ0) is 10.8. The number of allylic oxidation sites excluding steroid dienone is 1. The Bertz CT molecular complexity index is 479. The Morgan fingerprint density at radius 1 is 1.40 bits per heavy atom. The minimum Gasteiger partial charge on any atom is -0.396 e. The number of nitrogens with two attached hydrogens (primary N) is 1. The first-order chi connectivity index (χ1) is 7.20. The molecule has 0 saturated carbocycles. The number of rotatable bonds is 1. The number of nitrogens with zero attached hydrogens (tertiary/aromatic N) is 3. The van der Waals surface area contributed by atoms with Crippen molar-refractivity contribution in [3.8, 4) is 0 Å². The second-order valence-corrected chi connectivity index (χ2v) is 3.03. The quantitative estimate of drug-likeness (QED) is 0.539. The van der Waals surface area contributed by atoms with Crippen LogP contribution >= 0.6 is 0 Å². The summed E-state index contributed by atoms with van der Waals surface area (Å²) in [5, 5.41) is 10.9. The van der Waals surface area contributed by atoms with Gasteiger partial charge in [0.05, 0.1) is 16.3 Å². The Labute approximate surface area is 85.3 Å². The van der Waals surface area contributed by atoms with Gasteiger partial charge < -0.3 is 5.73 Å². The fourth-order valence-electron chi connectivity index (χ4n) is 1.40. The van der Waals surface area contributed by atoms with Crippen LogP contribution in [0.3, 0.4) is 0 Å². The molecule has 6 nitrogen and oxygen atoms in total. The summed E-state index contributed by atoms with van der Waals surface area (Å²) in [6.45, 7) is 0. The molecule has 1 aromatic heterocycles. The van der Waals surface area contributed by atoms with Gasteiger partial charge in [0.15, 0.2) is 5.69 Å². The van der Waals surface area contributed by atoms with Gasteiger partial charge >= 0.3 is 5.70 Å². The summed E-state index contributed by atoms with van der Waals surface area (Å²) in [6, 6.07) is 0. The molecule has 1 aromatic rings. The van der Waals surface area contributed by atoms with Crippen LogP contribution in [0.25, 0.3) is 11.8 Å². The van der Waals surface area contributed by atoms with Crippen LogP contribution in [0.4, 0.5) is 0 Å². The third-order valence-electron chi connectivity index (χ3n) is 2.05. The van der Waals surface area contributed by atoms with Crippen LogP contribution < -0.4 is 5.73 Å². The van der Waals surface area contributed by atoms with E-state index in [2.05, 4.69) is 9.97 Å². The molecule has 2 N–H and O–H groups in total. The Morgan fingerprint density at radius 2 is 2.13 bits per heavy atom. The molecule has 2 rings (SSSR count). The zero-order valence-corrected chi connectivity index (χ0v) is 7.75. The lowest BCUT2D eigenvalue weighted by molar-refractivity contribution is -0.376. The van der Waals surface area contributed by atoms with E-state index >= 15 is 0 Å². The van der Waals surface area contributed by atoms with Gasteiger partial charge in [0.1, 0.15) is 0 Å². The van der Waals surface area contributed by atoms with E-state index in [0.717, 1.165) is 0 Å². The molecule has 76 valence electrons. The molecule has 6 heteroatoms. The molecule has 0 saturated heterocycles. The van der Waals surface area contributed by atoms with E-state index in [-0.39, 0.29) is 17.1 Å². The van der Waals surface area contributed by atoms with Crippen LogP contribution in [-0.4, -0.2) is 14.9 Å². The summed E-state index contributed by atoms with van der Waals surface area (Å²) in [5.41, 5.74) is 6.37. The lowest BCUT2D eigenvalue weighted by atomic mass is 10.2.